The highest BCUT2D eigenvalue weighted by Crippen LogP contribution is 2.34. The minimum absolute atomic E-state index is 0.0866. The van der Waals surface area contributed by atoms with Crippen molar-refractivity contribution in [3.8, 4) is 5.69 Å². The number of amides is 1. The molecule has 2 aromatic heterocycles. The second kappa shape index (κ2) is 8.88. The van der Waals surface area contributed by atoms with Gasteiger partial charge in [0.2, 0.25) is 0 Å². The molecule has 1 fully saturated rings. The van der Waals surface area contributed by atoms with Crippen LogP contribution in [-0.2, 0) is 7.05 Å². The molecule has 0 unspecified atom stereocenters. The van der Waals surface area contributed by atoms with Crippen LogP contribution in [0, 0.1) is 19.7 Å². The maximum atomic E-state index is 14.8. The summed E-state index contributed by atoms with van der Waals surface area (Å²) >= 11 is 0. The van der Waals surface area contributed by atoms with Gasteiger partial charge in [0.1, 0.15) is 17.0 Å². The van der Waals surface area contributed by atoms with E-state index in [1.54, 1.807) is 44.2 Å². The SMILES string of the molecule is CNC(=O)c1ccc(-n2c(=O)n(C3CC3)c(=O)c3c(Nc4ccc(C)cc4F)n(C)c(=O)c(C)c32)cc1. The third-order valence-electron chi connectivity index (χ3n) is 6.75. The topological polar surface area (TPSA) is 107 Å². The van der Waals surface area contributed by atoms with Crippen molar-refractivity contribution < 1.29 is 9.18 Å². The quantitative estimate of drug-likeness (QED) is 0.435. The zero-order valence-corrected chi connectivity index (χ0v) is 20.9. The third-order valence-corrected chi connectivity index (χ3v) is 6.75. The van der Waals surface area contributed by atoms with Crippen LogP contribution < -0.4 is 27.4 Å². The number of nitrogens with one attached hydrogen (secondary N) is 2. The average Bonchev–Trinajstić information content (AvgIpc) is 3.71. The van der Waals surface area contributed by atoms with Crippen LogP contribution >= 0.6 is 0 Å². The monoisotopic (exact) mass is 503 g/mol. The lowest BCUT2D eigenvalue weighted by Crippen LogP contribution is -2.41. The number of pyridine rings is 1. The number of rotatable bonds is 5. The Morgan fingerprint density at radius 1 is 1.00 bits per heavy atom. The molecular formula is C27H26FN5O4. The summed E-state index contributed by atoms with van der Waals surface area (Å²) in [5.74, 6) is -0.742. The van der Waals surface area contributed by atoms with Crippen LogP contribution in [0.2, 0.25) is 0 Å². The van der Waals surface area contributed by atoms with Crippen molar-refractivity contribution in [3.63, 3.8) is 0 Å². The second-order valence-corrected chi connectivity index (χ2v) is 9.32. The Hall–Kier alpha value is -4.47. The number of anilines is 2. The zero-order chi connectivity index (χ0) is 26.6. The van der Waals surface area contributed by atoms with Crippen molar-refractivity contribution in [2.45, 2.75) is 32.7 Å². The fourth-order valence-electron chi connectivity index (χ4n) is 4.61. The Balaban J connectivity index is 1.88. The van der Waals surface area contributed by atoms with Gasteiger partial charge in [0.15, 0.2) is 0 Å². The van der Waals surface area contributed by atoms with Crippen molar-refractivity contribution >= 4 is 28.3 Å². The summed E-state index contributed by atoms with van der Waals surface area (Å²) in [5.41, 5.74) is 0.362. The Bertz CT molecular complexity index is 1760. The number of hydrogen-bond acceptors (Lipinski definition) is 5. The van der Waals surface area contributed by atoms with Crippen LogP contribution in [0.25, 0.3) is 16.6 Å². The van der Waals surface area contributed by atoms with E-state index >= 15 is 0 Å². The molecule has 0 saturated heterocycles. The van der Waals surface area contributed by atoms with E-state index in [0.29, 0.717) is 24.1 Å². The van der Waals surface area contributed by atoms with Gasteiger partial charge in [-0.25, -0.2) is 9.18 Å². The predicted molar refractivity (Wildman–Crippen MR) is 140 cm³/mol. The van der Waals surface area contributed by atoms with Crippen molar-refractivity contribution in [2.75, 3.05) is 12.4 Å². The van der Waals surface area contributed by atoms with Gasteiger partial charge in [-0.2, -0.15) is 0 Å². The standard InChI is InChI=1S/C27H26FN5O4/c1-14-5-12-20(19(28)13-14)30-23-21-22(15(2)25(35)31(23)4)32(27(37)33(26(21)36)18-10-11-18)17-8-6-16(7-9-17)24(34)29-3/h5-9,12-13,18,30H,10-11H2,1-4H3,(H,29,34). The third kappa shape index (κ3) is 3.94. The molecule has 1 saturated carbocycles. The minimum Gasteiger partial charge on any atom is -0.355 e. The van der Waals surface area contributed by atoms with Crippen molar-refractivity contribution in [2.24, 2.45) is 7.05 Å². The second-order valence-electron chi connectivity index (χ2n) is 9.32. The lowest BCUT2D eigenvalue weighted by molar-refractivity contribution is 0.0963. The number of carbonyl (C=O) groups excluding carboxylic acids is 1. The molecule has 1 aliphatic rings. The van der Waals surface area contributed by atoms with E-state index in [1.807, 2.05) is 0 Å². The number of aromatic nitrogens is 3. The van der Waals surface area contributed by atoms with Gasteiger partial charge in [0.05, 0.1) is 16.9 Å². The van der Waals surface area contributed by atoms with E-state index in [-0.39, 0.29) is 39.9 Å². The summed E-state index contributed by atoms with van der Waals surface area (Å²) in [4.78, 5) is 52.9. The maximum Gasteiger partial charge on any atom is 0.336 e. The van der Waals surface area contributed by atoms with Gasteiger partial charge < -0.3 is 10.6 Å². The van der Waals surface area contributed by atoms with Gasteiger partial charge in [-0.05, 0) is 68.7 Å². The highest BCUT2D eigenvalue weighted by molar-refractivity contribution is 5.95. The Labute approximate surface area is 210 Å². The molecule has 1 aliphatic carbocycles. The van der Waals surface area contributed by atoms with Gasteiger partial charge in [-0.3, -0.25) is 28.1 Å². The fourth-order valence-corrected chi connectivity index (χ4v) is 4.61. The zero-order valence-electron chi connectivity index (χ0n) is 20.9. The molecule has 1 amide bonds. The van der Waals surface area contributed by atoms with Crippen molar-refractivity contribution in [3.05, 3.63) is 96.2 Å². The van der Waals surface area contributed by atoms with Gasteiger partial charge >= 0.3 is 5.69 Å². The molecule has 5 rings (SSSR count). The summed E-state index contributed by atoms with van der Waals surface area (Å²) in [6.45, 7) is 3.31. The van der Waals surface area contributed by atoms with Crippen LogP contribution in [-0.4, -0.2) is 26.7 Å². The summed E-state index contributed by atoms with van der Waals surface area (Å²) < 4.78 is 18.6. The summed E-state index contributed by atoms with van der Waals surface area (Å²) in [6.07, 6.45) is 1.35. The van der Waals surface area contributed by atoms with Gasteiger partial charge in [-0.1, -0.05) is 6.07 Å². The number of carbonyl (C=O) groups is 1. The van der Waals surface area contributed by atoms with Gasteiger partial charge in [0.25, 0.3) is 17.0 Å². The molecule has 4 aromatic rings. The Kier molecular flexibility index (Phi) is 5.82. The van der Waals surface area contributed by atoms with Crippen LogP contribution in [0.3, 0.4) is 0 Å². The molecular weight excluding hydrogens is 477 g/mol. The highest BCUT2D eigenvalue weighted by Gasteiger charge is 2.31. The van der Waals surface area contributed by atoms with Crippen LogP contribution in [0.4, 0.5) is 15.9 Å². The molecule has 0 bridgehead atoms. The van der Waals surface area contributed by atoms with Gasteiger partial charge in [0, 0.05) is 31.3 Å². The number of hydrogen-bond donors (Lipinski definition) is 2. The van der Waals surface area contributed by atoms with E-state index in [4.69, 9.17) is 0 Å². The van der Waals surface area contributed by atoms with Crippen LogP contribution in [0.5, 0.6) is 0 Å². The number of halogens is 1. The molecule has 0 atom stereocenters. The molecule has 190 valence electrons. The van der Waals surface area contributed by atoms with E-state index in [1.165, 1.54) is 39.9 Å². The summed E-state index contributed by atoms with van der Waals surface area (Å²) in [5, 5.41) is 5.59. The lowest BCUT2D eigenvalue weighted by Gasteiger charge is -2.20. The van der Waals surface area contributed by atoms with Crippen LogP contribution in [0.1, 0.15) is 40.4 Å². The number of aryl methyl sites for hydroxylation is 2. The molecule has 9 nitrogen and oxygen atoms in total. The normalized spacial score (nSPS) is 13.1. The molecule has 2 aromatic carbocycles. The summed E-state index contributed by atoms with van der Waals surface area (Å²) in [7, 11) is 3.02. The highest BCUT2D eigenvalue weighted by atomic mass is 19.1. The first-order valence-electron chi connectivity index (χ1n) is 11.9. The molecule has 0 spiro atoms. The molecule has 2 N–H and O–H groups in total. The van der Waals surface area contributed by atoms with Crippen molar-refractivity contribution in [1.82, 2.24) is 19.0 Å². The minimum atomic E-state index is -0.573. The first-order valence-corrected chi connectivity index (χ1v) is 11.9. The Morgan fingerprint density at radius 2 is 1.68 bits per heavy atom. The predicted octanol–water partition coefficient (Wildman–Crippen LogP) is 3.05. The molecule has 0 radical (unpaired) electrons. The number of nitrogens with zero attached hydrogens (tertiary/aromatic N) is 3. The van der Waals surface area contributed by atoms with Gasteiger partial charge in [-0.15, -0.1) is 0 Å². The summed E-state index contributed by atoms with van der Waals surface area (Å²) in [6, 6.07) is 10.7. The smallest absolute Gasteiger partial charge is 0.336 e. The van der Waals surface area contributed by atoms with Crippen LogP contribution in [0.15, 0.2) is 56.8 Å². The average molecular weight is 504 g/mol. The first-order chi connectivity index (χ1) is 17.6. The fraction of sp³-hybridized carbons (Fsp3) is 0.259. The molecule has 10 heteroatoms. The van der Waals surface area contributed by atoms with E-state index in [9.17, 15) is 23.6 Å². The van der Waals surface area contributed by atoms with E-state index in [2.05, 4.69) is 10.6 Å². The molecule has 37 heavy (non-hydrogen) atoms. The Morgan fingerprint density at radius 3 is 2.27 bits per heavy atom. The van der Waals surface area contributed by atoms with Crippen molar-refractivity contribution in [1.29, 1.82) is 0 Å². The number of benzene rings is 2. The largest absolute Gasteiger partial charge is 0.355 e. The molecule has 2 heterocycles. The number of fused-ring (bicyclic) bond motifs is 1. The lowest BCUT2D eigenvalue weighted by atomic mass is 10.1. The van der Waals surface area contributed by atoms with E-state index < -0.39 is 22.6 Å². The molecule has 0 aliphatic heterocycles. The maximum absolute atomic E-state index is 14.8. The first kappa shape index (κ1) is 24.2. The van der Waals surface area contributed by atoms with E-state index in [0.717, 1.165) is 5.56 Å².